The minimum absolute atomic E-state index is 0.0676. The summed E-state index contributed by atoms with van der Waals surface area (Å²) >= 11 is 0. The van der Waals surface area contributed by atoms with Gasteiger partial charge in [0.25, 0.3) is 0 Å². The van der Waals surface area contributed by atoms with E-state index in [9.17, 15) is 26.4 Å². The first kappa shape index (κ1) is 18.2. The minimum atomic E-state index is -4.86. The molecule has 2 fully saturated rings. The number of halogens is 3. The fourth-order valence-electron chi connectivity index (χ4n) is 2.43. The summed E-state index contributed by atoms with van der Waals surface area (Å²) in [7, 11) is -4.31. The molecule has 138 valence electrons. The first-order chi connectivity index (χ1) is 11.3. The van der Waals surface area contributed by atoms with Crippen LogP contribution in [-0.4, -0.2) is 19.9 Å². The molecule has 0 aromatic heterocycles. The van der Waals surface area contributed by atoms with E-state index in [4.69, 9.17) is 0 Å². The largest absolute Gasteiger partial charge is 0.417 e. The number of benzene rings is 1. The summed E-state index contributed by atoms with van der Waals surface area (Å²) < 4.78 is 67.2. The van der Waals surface area contributed by atoms with Gasteiger partial charge in [-0.1, -0.05) is 6.92 Å². The third-order valence-electron chi connectivity index (χ3n) is 4.76. The van der Waals surface area contributed by atoms with E-state index in [2.05, 4.69) is 10.0 Å². The Labute approximate surface area is 144 Å². The highest BCUT2D eigenvalue weighted by Gasteiger charge is 2.46. The van der Waals surface area contributed by atoms with Crippen molar-refractivity contribution in [1.82, 2.24) is 4.72 Å². The van der Waals surface area contributed by atoms with Gasteiger partial charge < -0.3 is 5.32 Å². The zero-order chi connectivity index (χ0) is 18.7. The molecule has 1 amide bonds. The third-order valence-corrected chi connectivity index (χ3v) is 6.46. The van der Waals surface area contributed by atoms with Gasteiger partial charge in [0.05, 0.1) is 10.5 Å². The normalized spacial score (nSPS) is 20.8. The van der Waals surface area contributed by atoms with E-state index in [1.165, 1.54) is 6.07 Å². The number of hydrogen-bond donors (Lipinski definition) is 2. The van der Waals surface area contributed by atoms with Crippen LogP contribution < -0.4 is 10.0 Å². The summed E-state index contributed by atoms with van der Waals surface area (Å²) in [6, 6.07) is 2.75. The second-order valence-corrected chi connectivity index (χ2v) is 9.04. The Morgan fingerprint density at radius 2 is 1.72 bits per heavy atom. The molecule has 25 heavy (non-hydrogen) atoms. The molecule has 3 rings (SSSR count). The molecular formula is C16H19F3N2O3S. The number of anilines is 1. The average molecular weight is 376 g/mol. The minimum Gasteiger partial charge on any atom is -0.326 e. The second-order valence-electron chi connectivity index (χ2n) is 7.39. The van der Waals surface area contributed by atoms with Crippen molar-refractivity contribution < 1.29 is 26.4 Å². The highest BCUT2D eigenvalue weighted by molar-refractivity contribution is 7.89. The van der Waals surface area contributed by atoms with Crippen LogP contribution >= 0.6 is 0 Å². The van der Waals surface area contributed by atoms with Crippen LogP contribution in [0.25, 0.3) is 0 Å². The maximum atomic E-state index is 13.4. The molecule has 2 aliphatic carbocycles. The van der Waals surface area contributed by atoms with Crippen molar-refractivity contribution in [3.63, 3.8) is 0 Å². The predicted molar refractivity (Wildman–Crippen MR) is 85.4 cm³/mol. The molecular weight excluding hydrogens is 357 g/mol. The Balaban J connectivity index is 1.94. The summed E-state index contributed by atoms with van der Waals surface area (Å²) in [5.41, 5.74) is -2.59. The number of amides is 1. The van der Waals surface area contributed by atoms with Crippen LogP contribution in [0, 0.1) is 5.41 Å². The van der Waals surface area contributed by atoms with Gasteiger partial charge in [0, 0.05) is 16.6 Å². The molecule has 2 N–H and O–H groups in total. The summed E-state index contributed by atoms with van der Waals surface area (Å²) in [6.45, 7) is 3.37. The average Bonchev–Trinajstić information content (AvgIpc) is 3.38. The quantitative estimate of drug-likeness (QED) is 0.828. The maximum absolute atomic E-state index is 13.4. The van der Waals surface area contributed by atoms with E-state index in [0.717, 1.165) is 6.07 Å². The lowest BCUT2D eigenvalue weighted by molar-refractivity contribution is -0.139. The smallest absolute Gasteiger partial charge is 0.326 e. The molecule has 0 radical (unpaired) electrons. The predicted octanol–water partition coefficient (Wildman–Crippen LogP) is 3.27. The lowest BCUT2D eigenvalue weighted by Gasteiger charge is -2.18. The third kappa shape index (κ3) is 3.82. The fraction of sp³-hybridized carbons (Fsp3) is 0.562. The number of alkyl halides is 3. The molecule has 0 heterocycles. The van der Waals surface area contributed by atoms with Gasteiger partial charge in [-0.15, -0.1) is 0 Å². The van der Waals surface area contributed by atoms with Gasteiger partial charge in [-0.25, -0.2) is 13.1 Å². The SMILES string of the molecule is CC1(NS(=O)(=O)c2ccc(NC(=O)C3(C)CC3)cc2C(F)(F)F)CC1. The summed E-state index contributed by atoms with van der Waals surface area (Å²) in [6.07, 6.45) is -2.33. The molecule has 5 nitrogen and oxygen atoms in total. The van der Waals surface area contributed by atoms with Gasteiger partial charge in [-0.05, 0) is 50.8 Å². The molecule has 2 aliphatic rings. The van der Waals surface area contributed by atoms with E-state index in [-0.39, 0.29) is 11.6 Å². The van der Waals surface area contributed by atoms with Crippen LogP contribution in [0.4, 0.5) is 18.9 Å². The van der Waals surface area contributed by atoms with Crippen LogP contribution in [0.1, 0.15) is 45.1 Å². The molecule has 0 saturated heterocycles. The number of carbonyl (C=O) groups excluding carboxylic acids is 1. The van der Waals surface area contributed by atoms with Crippen molar-refractivity contribution in [3.8, 4) is 0 Å². The van der Waals surface area contributed by atoms with Crippen molar-refractivity contribution in [2.45, 2.75) is 56.1 Å². The Kier molecular flexibility index (Phi) is 3.96. The van der Waals surface area contributed by atoms with Gasteiger partial charge in [0.15, 0.2) is 0 Å². The number of nitrogens with one attached hydrogen (secondary N) is 2. The van der Waals surface area contributed by atoms with Gasteiger partial charge in [0.1, 0.15) is 0 Å². The molecule has 0 atom stereocenters. The topological polar surface area (TPSA) is 75.3 Å². The van der Waals surface area contributed by atoms with E-state index in [1.54, 1.807) is 13.8 Å². The van der Waals surface area contributed by atoms with Gasteiger partial charge >= 0.3 is 6.18 Å². The van der Waals surface area contributed by atoms with Gasteiger partial charge in [-0.2, -0.15) is 13.2 Å². The number of carbonyl (C=O) groups is 1. The summed E-state index contributed by atoms with van der Waals surface area (Å²) in [5, 5.41) is 2.44. The van der Waals surface area contributed by atoms with E-state index >= 15 is 0 Å². The van der Waals surface area contributed by atoms with Crippen LogP contribution in [0.15, 0.2) is 23.1 Å². The second kappa shape index (κ2) is 5.44. The molecule has 0 unspecified atom stereocenters. The summed E-state index contributed by atoms with van der Waals surface area (Å²) in [5.74, 6) is -0.361. The monoisotopic (exact) mass is 376 g/mol. The van der Waals surface area contributed by atoms with Crippen molar-refractivity contribution in [2.75, 3.05) is 5.32 Å². The number of rotatable bonds is 5. The van der Waals surface area contributed by atoms with E-state index in [0.29, 0.717) is 31.7 Å². The van der Waals surface area contributed by atoms with Crippen molar-refractivity contribution in [1.29, 1.82) is 0 Å². The number of hydrogen-bond acceptors (Lipinski definition) is 3. The highest BCUT2D eigenvalue weighted by atomic mass is 32.2. The molecule has 0 bridgehead atoms. The molecule has 0 spiro atoms. The van der Waals surface area contributed by atoms with Crippen LogP contribution in [0.3, 0.4) is 0 Å². The van der Waals surface area contributed by atoms with Crippen LogP contribution in [0.5, 0.6) is 0 Å². The number of sulfonamides is 1. The highest BCUT2D eigenvalue weighted by Crippen LogP contribution is 2.46. The zero-order valence-corrected chi connectivity index (χ0v) is 14.6. The summed E-state index contributed by atoms with van der Waals surface area (Å²) in [4.78, 5) is 11.2. The van der Waals surface area contributed by atoms with Gasteiger partial charge in [-0.3, -0.25) is 4.79 Å². The Morgan fingerprint density at radius 1 is 1.12 bits per heavy atom. The maximum Gasteiger partial charge on any atom is 0.417 e. The van der Waals surface area contributed by atoms with Crippen LogP contribution in [-0.2, 0) is 21.0 Å². The Hall–Kier alpha value is -1.61. The van der Waals surface area contributed by atoms with E-state index < -0.39 is 37.6 Å². The first-order valence-corrected chi connectivity index (χ1v) is 9.40. The van der Waals surface area contributed by atoms with Crippen molar-refractivity contribution >= 4 is 21.6 Å². The molecule has 1 aromatic rings. The van der Waals surface area contributed by atoms with Gasteiger partial charge in [0.2, 0.25) is 15.9 Å². The van der Waals surface area contributed by atoms with Crippen molar-refractivity contribution in [3.05, 3.63) is 23.8 Å². The van der Waals surface area contributed by atoms with E-state index in [1.807, 2.05) is 0 Å². The first-order valence-electron chi connectivity index (χ1n) is 7.91. The van der Waals surface area contributed by atoms with Crippen LogP contribution in [0.2, 0.25) is 0 Å². The lowest BCUT2D eigenvalue weighted by Crippen LogP contribution is -2.35. The standard InChI is InChI=1S/C16H19F3N2O3S/c1-14(5-6-14)13(22)20-10-3-4-12(11(9-10)16(17,18)19)25(23,24)21-15(2)7-8-15/h3-4,9,21H,5-8H2,1-2H3,(H,20,22). The molecule has 2 saturated carbocycles. The Bertz CT molecular complexity index is 826. The molecule has 9 heteroatoms. The molecule has 1 aromatic carbocycles. The Morgan fingerprint density at radius 3 is 2.20 bits per heavy atom. The van der Waals surface area contributed by atoms with Crippen molar-refractivity contribution in [2.24, 2.45) is 5.41 Å². The zero-order valence-electron chi connectivity index (χ0n) is 13.8. The molecule has 0 aliphatic heterocycles. The fourth-order valence-corrected chi connectivity index (χ4v) is 4.10. The lowest BCUT2D eigenvalue weighted by atomic mass is 10.1.